The number of para-hydroxylation sites is 1. The van der Waals surface area contributed by atoms with E-state index in [0.717, 1.165) is 67.1 Å². The molecule has 0 spiro atoms. The summed E-state index contributed by atoms with van der Waals surface area (Å²) in [6.45, 7) is 2.32. The molecule has 136 valence electrons. The van der Waals surface area contributed by atoms with Crippen LogP contribution in [0.2, 0.25) is 0 Å². The van der Waals surface area contributed by atoms with Gasteiger partial charge in [0.05, 0.1) is 25.0 Å². The van der Waals surface area contributed by atoms with Crippen molar-refractivity contribution in [1.82, 2.24) is 9.88 Å². The normalized spacial score (nSPS) is 19.0. The number of carbonyl (C=O) groups excluding carboxylic acids is 1. The van der Waals surface area contributed by atoms with Crippen molar-refractivity contribution in [3.8, 4) is 11.5 Å². The van der Waals surface area contributed by atoms with Gasteiger partial charge in [-0.15, -0.1) is 0 Å². The van der Waals surface area contributed by atoms with Crippen LogP contribution in [0.15, 0.2) is 36.5 Å². The van der Waals surface area contributed by atoms with Crippen molar-refractivity contribution in [2.45, 2.75) is 25.7 Å². The van der Waals surface area contributed by atoms with Gasteiger partial charge in [-0.25, -0.2) is 0 Å². The van der Waals surface area contributed by atoms with Gasteiger partial charge in [-0.2, -0.15) is 0 Å². The summed E-state index contributed by atoms with van der Waals surface area (Å²) in [6.07, 6.45) is 5.61. The molecule has 0 N–H and O–H groups in total. The third kappa shape index (κ3) is 3.26. The highest BCUT2D eigenvalue weighted by atomic mass is 16.5. The number of amides is 1. The fourth-order valence-corrected chi connectivity index (χ4v) is 3.91. The number of benzene rings is 1. The largest absolute Gasteiger partial charge is 0.493 e. The second-order valence-corrected chi connectivity index (χ2v) is 7.03. The van der Waals surface area contributed by atoms with Gasteiger partial charge in [0.1, 0.15) is 0 Å². The lowest BCUT2D eigenvalue weighted by atomic mass is 9.91. The Hall–Kier alpha value is -2.56. The second kappa shape index (κ2) is 7.36. The van der Waals surface area contributed by atoms with Crippen LogP contribution in [-0.2, 0) is 12.8 Å². The van der Waals surface area contributed by atoms with Crippen LogP contribution < -0.4 is 9.47 Å². The summed E-state index contributed by atoms with van der Waals surface area (Å²) >= 11 is 0. The molecule has 2 aliphatic heterocycles. The number of pyridine rings is 1. The first-order valence-corrected chi connectivity index (χ1v) is 9.28. The van der Waals surface area contributed by atoms with E-state index >= 15 is 0 Å². The number of rotatable bonds is 4. The number of hydrogen-bond donors (Lipinski definition) is 0. The number of methoxy groups -OCH3 is 1. The van der Waals surface area contributed by atoms with E-state index in [0.29, 0.717) is 12.5 Å². The van der Waals surface area contributed by atoms with E-state index in [1.54, 1.807) is 13.3 Å². The van der Waals surface area contributed by atoms with Gasteiger partial charge >= 0.3 is 0 Å². The van der Waals surface area contributed by atoms with Crippen LogP contribution in [0.3, 0.4) is 0 Å². The van der Waals surface area contributed by atoms with Crippen molar-refractivity contribution >= 4 is 5.91 Å². The highest BCUT2D eigenvalue weighted by Gasteiger charge is 2.27. The van der Waals surface area contributed by atoms with Crippen LogP contribution in [0.25, 0.3) is 0 Å². The van der Waals surface area contributed by atoms with Crippen LogP contribution in [0.5, 0.6) is 11.5 Å². The van der Waals surface area contributed by atoms with Crippen LogP contribution in [0.1, 0.15) is 34.5 Å². The van der Waals surface area contributed by atoms with Gasteiger partial charge < -0.3 is 14.4 Å². The summed E-state index contributed by atoms with van der Waals surface area (Å²) in [5.41, 5.74) is 2.78. The maximum absolute atomic E-state index is 12.8. The number of likely N-dealkylation sites (tertiary alicyclic amines) is 1. The molecule has 5 nitrogen and oxygen atoms in total. The van der Waals surface area contributed by atoms with Gasteiger partial charge in [0.15, 0.2) is 11.5 Å². The average Bonchev–Trinajstić information content (AvgIpc) is 3.22. The van der Waals surface area contributed by atoms with Crippen LogP contribution in [0, 0.1) is 5.92 Å². The van der Waals surface area contributed by atoms with Crippen molar-refractivity contribution < 1.29 is 14.3 Å². The molecule has 1 atom stereocenters. The first-order chi connectivity index (χ1) is 12.8. The molecule has 1 amide bonds. The summed E-state index contributed by atoms with van der Waals surface area (Å²) < 4.78 is 11.4. The lowest BCUT2D eigenvalue weighted by Gasteiger charge is -2.27. The molecule has 26 heavy (non-hydrogen) atoms. The van der Waals surface area contributed by atoms with Gasteiger partial charge in [0, 0.05) is 25.2 Å². The minimum Gasteiger partial charge on any atom is -0.493 e. The summed E-state index contributed by atoms with van der Waals surface area (Å²) in [6, 6.07) is 9.75. The molecule has 0 bridgehead atoms. The average molecular weight is 352 g/mol. The lowest BCUT2D eigenvalue weighted by molar-refractivity contribution is 0.0790. The minimum atomic E-state index is 0.115. The van der Waals surface area contributed by atoms with E-state index in [4.69, 9.17) is 9.47 Å². The maximum Gasteiger partial charge on any atom is 0.255 e. The smallest absolute Gasteiger partial charge is 0.255 e. The van der Waals surface area contributed by atoms with Crippen LogP contribution in [0.4, 0.5) is 0 Å². The van der Waals surface area contributed by atoms with Gasteiger partial charge in [-0.1, -0.05) is 12.1 Å². The van der Waals surface area contributed by atoms with Crippen molar-refractivity contribution in [1.29, 1.82) is 0 Å². The third-order valence-electron chi connectivity index (χ3n) is 5.25. The Morgan fingerprint density at radius 3 is 2.92 bits per heavy atom. The molecule has 1 fully saturated rings. The molecule has 0 aliphatic carbocycles. The Kier molecular flexibility index (Phi) is 4.78. The van der Waals surface area contributed by atoms with Crippen LogP contribution in [-0.4, -0.2) is 42.6 Å². The number of hydrogen-bond acceptors (Lipinski definition) is 4. The molecule has 1 aromatic heterocycles. The van der Waals surface area contributed by atoms with Crippen LogP contribution >= 0.6 is 0 Å². The second-order valence-electron chi connectivity index (χ2n) is 7.03. The zero-order chi connectivity index (χ0) is 17.9. The molecule has 5 heteroatoms. The topological polar surface area (TPSA) is 51.7 Å². The van der Waals surface area contributed by atoms with E-state index in [2.05, 4.69) is 11.1 Å². The van der Waals surface area contributed by atoms with E-state index in [9.17, 15) is 4.79 Å². The molecule has 2 aromatic rings. The number of carbonyl (C=O) groups is 1. The number of fused-ring (bicyclic) bond motifs is 1. The van der Waals surface area contributed by atoms with E-state index < -0.39 is 0 Å². The molecular weight excluding hydrogens is 328 g/mol. The Balaban J connectivity index is 1.52. The Bertz CT molecular complexity index is 800. The standard InChI is InChI=1S/C21H24N2O3/c1-25-19-8-4-6-16-12-15(14-26-20(16)19)13-18-17(7-5-9-22-18)21(24)23-10-2-3-11-23/h4-9,15H,2-3,10-14H2,1H3/t15-/m0/s1. The predicted molar refractivity (Wildman–Crippen MR) is 98.8 cm³/mol. The summed E-state index contributed by atoms with van der Waals surface area (Å²) in [5.74, 6) is 2.04. The molecule has 1 aromatic carbocycles. The molecule has 3 heterocycles. The fourth-order valence-electron chi connectivity index (χ4n) is 3.91. The van der Waals surface area contributed by atoms with Gasteiger partial charge in [0.25, 0.3) is 5.91 Å². The van der Waals surface area contributed by atoms with E-state index in [1.807, 2.05) is 29.2 Å². The first-order valence-electron chi connectivity index (χ1n) is 9.28. The summed E-state index contributed by atoms with van der Waals surface area (Å²) in [7, 11) is 1.66. The molecule has 0 unspecified atom stereocenters. The highest BCUT2D eigenvalue weighted by molar-refractivity contribution is 5.95. The SMILES string of the molecule is COc1cccc2c1OC[C@H](Cc1ncccc1C(=O)N1CCCC1)C2. The van der Waals surface area contributed by atoms with Gasteiger partial charge in [-0.05, 0) is 49.4 Å². The number of nitrogens with zero attached hydrogens (tertiary/aromatic N) is 2. The fraction of sp³-hybridized carbons (Fsp3) is 0.429. The van der Waals surface area contributed by atoms with Crippen molar-refractivity contribution in [2.24, 2.45) is 5.92 Å². The zero-order valence-electron chi connectivity index (χ0n) is 15.1. The quantitative estimate of drug-likeness (QED) is 0.848. The van der Waals surface area contributed by atoms with E-state index in [1.165, 1.54) is 0 Å². The first kappa shape index (κ1) is 16.9. The Morgan fingerprint density at radius 1 is 1.27 bits per heavy atom. The molecule has 2 aliphatic rings. The van der Waals surface area contributed by atoms with Crippen molar-refractivity contribution in [3.05, 3.63) is 53.3 Å². The zero-order valence-corrected chi connectivity index (χ0v) is 15.1. The number of aromatic nitrogens is 1. The van der Waals surface area contributed by atoms with Crippen molar-refractivity contribution in [2.75, 3.05) is 26.8 Å². The predicted octanol–water partition coefficient (Wildman–Crippen LogP) is 3.12. The minimum absolute atomic E-state index is 0.115. The monoisotopic (exact) mass is 352 g/mol. The molecule has 4 rings (SSSR count). The lowest BCUT2D eigenvalue weighted by Crippen LogP contribution is -2.30. The molecular formula is C21H24N2O3. The highest BCUT2D eigenvalue weighted by Crippen LogP contribution is 2.36. The molecule has 0 radical (unpaired) electrons. The maximum atomic E-state index is 12.8. The molecule has 1 saturated heterocycles. The van der Waals surface area contributed by atoms with Gasteiger partial charge in [0.2, 0.25) is 0 Å². The van der Waals surface area contributed by atoms with Gasteiger partial charge in [-0.3, -0.25) is 9.78 Å². The third-order valence-corrected chi connectivity index (χ3v) is 5.25. The van der Waals surface area contributed by atoms with E-state index in [-0.39, 0.29) is 5.91 Å². The summed E-state index contributed by atoms with van der Waals surface area (Å²) in [5, 5.41) is 0. The van der Waals surface area contributed by atoms with Crippen molar-refractivity contribution in [3.63, 3.8) is 0 Å². The Labute approximate surface area is 153 Å². The number of ether oxygens (including phenoxy) is 2. The summed E-state index contributed by atoms with van der Waals surface area (Å²) in [4.78, 5) is 19.3. The molecule has 0 saturated carbocycles. The Morgan fingerprint density at radius 2 is 2.12 bits per heavy atom.